The zero-order valence-electron chi connectivity index (χ0n) is 14.0. The summed E-state index contributed by atoms with van der Waals surface area (Å²) >= 11 is 1.48. The lowest BCUT2D eigenvalue weighted by molar-refractivity contribution is 0.415. The molecule has 7 heteroatoms. The number of nitrogens with one attached hydrogen (secondary N) is 1. The smallest absolute Gasteiger partial charge is 0.297 e. The molecule has 0 aliphatic rings. The third-order valence-electron chi connectivity index (χ3n) is 3.59. The summed E-state index contributed by atoms with van der Waals surface area (Å²) in [6, 6.07) is 17.3. The van der Waals surface area contributed by atoms with E-state index in [9.17, 15) is 4.79 Å². The van der Waals surface area contributed by atoms with Crippen molar-refractivity contribution in [1.29, 1.82) is 0 Å². The Kier molecular flexibility index (Phi) is 5.35. The van der Waals surface area contributed by atoms with Gasteiger partial charge in [-0.3, -0.25) is 9.36 Å². The van der Waals surface area contributed by atoms with E-state index >= 15 is 0 Å². The summed E-state index contributed by atoms with van der Waals surface area (Å²) < 4.78 is 6.62. The van der Waals surface area contributed by atoms with Crippen molar-refractivity contribution in [1.82, 2.24) is 14.8 Å². The summed E-state index contributed by atoms with van der Waals surface area (Å²) in [6.07, 6.45) is 0. The number of hydrogen-bond acceptors (Lipinski definition) is 6. The highest BCUT2D eigenvalue weighted by molar-refractivity contribution is 7.98. The Morgan fingerprint density at radius 3 is 2.48 bits per heavy atom. The molecule has 3 rings (SSSR count). The van der Waals surface area contributed by atoms with Gasteiger partial charge < -0.3 is 10.1 Å². The van der Waals surface area contributed by atoms with Crippen LogP contribution in [0.25, 0.3) is 0 Å². The third-order valence-corrected chi connectivity index (χ3v) is 4.68. The molecule has 0 fully saturated rings. The topological polar surface area (TPSA) is 69.0 Å². The van der Waals surface area contributed by atoms with Crippen molar-refractivity contribution < 1.29 is 4.74 Å². The third kappa shape index (κ3) is 4.19. The molecule has 2 aromatic carbocycles. The molecule has 1 N–H and O–H groups in total. The minimum atomic E-state index is -0.221. The van der Waals surface area contributed by atoms with Gasteiger partial charge >= 0.3 is 0 Å². The largest absolute Gasteiger partial charge is 0.497 e. The Hall–Kier alpha value is -2.80. The zero-order chi connectivity index (χ0) is 17.6. The summed E-state index contributed by atoms with van der Waals surface area (Å²) in [5.41, 5.74) is 1.69. The van der Waals surface area contributed by atoms with Gasteiger partial charge in [-0.25, -0.2) is 0 Å². The fourth-order valence-corrected chi connectivity index (χ4v) is 3.05. The summed E-state index contributed by atoms with van der Waals surface area (Å²) in [6.45, 7) is 0. The summed E-state index contributed by atoms with van der Waals surface area (Å²) in [7, 11) is 3.30. The quantitative estimate of drug-likeness (QED) is 0.686. The van der Waals surface area contributed by atoms with Gasteiger partial charge in [-0.05, 0) is 29.8 Å². The maximum Gasteiger partial charge on any atom is 0.297 e. The molecule has 0 saturated heterocycles. The predicted molar refractivity (Wildman–Crippen MR) is 99.6 cm³/mol. The van der Waals surface area contributed by atoms with Gasteiger partial charge in [0.15, 0.2) is 5.16 Å². The number of aromatic nitrogens is 3. The van der Waals surface area contributed by atoms with Gasteiger partial charge in [-0.2, -0.15) is 0 Å². The molecule has 0 radical (unpaired) electrons. The molecule has 128 valence electrons. The number of anilines is 2. The lowest BCUT2D eigenvalue weighted by Crippen LogP contribution is -2.24. The van der Waals surface area contributed by atoms with Crippen LogP contribution in [0.15, 0.2) is 64.5 Å². The van der Waals surface area contributed by atoms with Crippen LogP contribution in [0, 0.1) is 0 Å². The van der Waals surface area contributed by atoms with Crippen LogP contribution in [0.5, 0.6) is 5.75 Å². The van der Waals surface area contributed by atoms with E-state index in [-0.39, 0.29) is 11.4 Å². The molecule has 0 atom stereocenters. The van der Waals surface area contributed by atoms with Crippen LogP contribution >= 0.6 is 11.8 Å². The molecule has 25 heavy (non-hydrogen) atoms. The molecule has 0 unspecified atom stereocenters. The van der Waals surface area contributed by atoms with E-state index in [1.807, 2.05) is 54.6 Å². The van der Waals surface area contributed by atoms with Crippen LogP contribution in [-0.4, -0.2) is 21.9 Å². The Bertz CT molecular complexity index is 895. The molecule has 0 aliphatic heterocycles. The predicted octanol–water partition coefficient (Wildman–Crippen LogP) is 3.22. The lowest BCUT2D eigenvalue weighted by atomic mass is 10.2. The first-order chi connectivity index (χ1) is 12.2. The van der Waals surface area contributed by atoms with Crippen molar-refractivity contribution >= 4 is 23.3 Å². The molecule has 0 spiro atoms. The molecule has 0 aliphatic carbocycles. The number of methoxy groups -OCH3 is 1. The molecule has 0 amide bonds. The molecule has 3 aromatic rings. The number of thioether (sulfide) groups is 1. The Morgan fingerprint density at radius 1 is 1.08 bits per heavy atom. The zero-order valence-corrected chi connectivity index (χ0v) is 14.8. The SMILES string of the molecule is COc1ccc(Nc2nnc(SCc3ccccc3)n(C)c2=O)cc1. The summed E-state index contributed by atoms with van der Waals surface area (Å²) in [4.78, 5) is 12.5. The maximum atomic E-state index is 12.5. The molecule has 1 aromatic heterocycles. The Balaban J connectivity index is 1.74. The molecule has 1 heterocycles. The van der Waals surface area contributed by atoms with E-state index in [2.05, 4.69) is 15.5 Å². The highest BCUT2D eigenvalue weighted by atomic mass is 32.2. The molecule has 0 bridgehead atoms. The van der Waals surface area contributed by atoms with Gasteiger partial charge in [0.1, 0.15) is 5.75 Å². The fraction of sp³-hybridized carbons (Fsp3) is 0.167. The van der Waals surface area contributed by atoms with E-state index in [0.717, 1.165) is 17.2 Å². The number of nitrogens with zero attached hydrogens (tertiary/aromatic N) is 3. The van der Waals surface area contributed by atoms with Crippen LogP contribution in [-0.2, 0) is 12.8 Å². The minimum absolute atomic E-state index is 0.191. The molecular weight excluding hydrogens is 336 g/mol. The van der Waals surface area contributed by atoms with Gasteiger partial charge in [-0.1, -0.05) is 42.1 Å². The number of hydrogen-bond donors (Lipinski definition) is 1. The monoisotopic (exact) mass is 354 g/mol. The van der Waals surface area contributed by atoms with E-state index < -0.39 is 0 Å². The second-order valence-electron chi connectivity index (χ2n) is 5.32. The van der Waals surface area contributed by atoms with E-state index in [1.165, 1.54) is 21.9 Å². The molecule has 0 saturated carbocycles. The minimum Gasteiger partial charge on any atom is -0.497 e. The second kappa shape index (κ2) is 7.85. The average molecular weight is 354 g/mol. The normalized spacial score (nSPS) is 10.5. The van der Waals surface area contributed by atoms with Gasteiger partial charge in [-0.15, -0.1) is 10.2 Å². The van der Waals surface area contributed by atoms with Crippen LogP contribution < -0.4 is 15.6 Å². The first kappa shape index (κ1) is 17.0. The van der Waals surface area contributed by atoms with Crippen LogP contribution in [0.2, 0.25) is 0 Å². The Morgan fingerprint density at radius 2 is 1.80 bits per heavy atom. The van der Waals surface area contributed by atoms with Gasteiger partial charge in [0.05, 0.1) is 7.11 Å². The van der Waals surface area contributed by atoms with Crippen molar-refractivity contribution in [3.8, 4) is 5.75 Å². The van der Waals surface area contributed by atoms with Crippen LogP contribution in [0.4, 0.5) is 11.5 Å². The van der Waals surface area contributed by atoms with Crippen LogP contribution in [0.1, 0.15) is 5.56 Å². The fourth-order valence-electron chi connectivity index (χ4n) is 2.19. The Labute approximate surface area is 149 Å². The van der Waals surface area contributed by atoms with Gasteiger partial charge in [0.25, 0.3) is 5.56 Å². The first-order valence-corrected chi connectivity index (χ1v) is 8.67. The second-order valence-corrected chi connectivity index (χ2v) is 6.27. The average Bonchev–Trinajstić information content (AvgIpc) is 2.66. The molecule has 6 nitrogen and oxygen atoms in total. The highest BCUT2D eigenvalue weighted by Crippen LogP contribution is 2.20. The lowest BCUT2D eigenvalue weighted by Gasteiger charge is -2.09. The van der Waals surface area contributed by atoms with Crippen molar-refractivity contribution in [3.05, 3.63) is 70.5 Å². The van der Waals surface area contributed by atoms with Crippen molar-refractivity contribution in [2.24, 2.45) is 7.05 Å². The van der Waals surface area contributed by atoms with Crippen molar-refractivity contribution in [3.63, 3.8) is 0 Å². The van der Waals surface area contributed by atoms with Gasteiger partial charge in [0.2, 0.25) is 5.82 Å². The van der Waals surface area contributed by atoms with Crippen LogP contribution in [0.3, 0.4) is 0 Å². The first-order valence-electron chi connectivity index (χ1n) is 7.69. The number of rotatable bonds is 6. The standard InChI is InChI=1S/C18H18N4O2S/c1-22-17(23)16(19-14-8-10-15(24-2)11-9-14)20-21-18(22)25-12-13-6-4-3-5-7-13/h3-11H,12H2,1-2H3,(H,19,20). The highest BCUT2D eigenvalue weighted by Gasteiger charge is 2.10. The van der Waals surface area contributed by atoms with Gasteiger partial charge in [0, 0.05) is 18.5 Å². The number of ether oxygens (including phenoxy) is 1. The maximum absolute atomic E-state index is 12.5. The molecular formula is C18H18N4O2S. The number of benzene rings is 2. The van der Waals surface area contributed by atoms with E-state index in [4.69, 9.17) is 4.74 Å². The van der Waals surface area contributed by atoms with E-state index in [0.29, 0.717) is 5.16 Å². The summed E-state index contributed by atoms with van der Waals surface area (Å²) in [5.74, 6) is 1.67. The van der Waals surface area contributed by atoms with Crippen molar-refractivity contribution in [2.75, 3.05) is 12.4 Å². The van der Waals surface area contributed by atoms with E-state index in [1.54, 1.807) is 14.2 Å². The summed E-state index contributed by atoms with van der Waals surface area (Å²) in [5, 5.41) is 11.8. The van der Waals surface area contributed by atoms with Crippen molar-refractivity contribution in [2.45, 2.75) is 10.9 Å².